The first-order chi connectivity index (χ1) is 9.21. The van der Waals surface area contributed by atoms with Gasteiger partial charge in [0.15, 0.2) is 0 Å². The van der Waals surface area contributed by atoms with E-state index in [0.29, 0.717) is 0 Å². The molecule has 0 heterocycles. The molecule has 0 saturated carbocycles. The Balaban J connectivity index is 3.30. The number of hydrogen-bond acceptors (Lipinski definition) is 5. The largest absolute Gasteiger partial charge is 0.468 e. The number of hydrogen-bond donors (Lipinski definition) is 1. The molecule has 0 radical (unpaired) electrons. The fraction of sp³-hybridized carbons (Fsp3) is 0.417. The third-order valence-electron chi connectivity index (χ3n) is 2.69. The second kappa shape index (κ2) is 6.19. The number of methoxy groups -OCH3 is 1. The van der Waals surface area contributed by atoms with Gasteiger partial charge in [0.1, 0.15) is 17.3 Å². The number of carbonyl (C=O) groups excluding carboxylic acids is 1. The van der Waals surface area contributed by atoms with E-state index >= 15 is 0 Å². The molecule has 6 nitrogen and oxygen atoms in total. The van der Waals surface area contributed by atoms with Gasteiger partial charge in [0.05, 0.1) is 12.8 Å². The van der Waals surface area contributed by atoms with Gasteiger partial charge < -0.3 is 10.5 Å². The van der Waals surface area contributed by atoms with Crippen molar-refractivity contribution in [2.75, 3.05) is 19.4 Å². The lowest BCUT2D eigenvalue weighted by molar-refractivity contribution is -0.141. The Morgan fingerprint density at radius 2 is 2.05 bits per heavy atom. The summed E-state index contributed by atoms with van der Waals surface area (Å²) in [6.45, 7) is 2.72. The van der Waals surface area contributed by atoms with Crippen LogP contribution in [-0.2, 0) is 19.6 Å². The van der Waals surface area contributed by atoms with Gasteiger partial charge in [-0.2, -0.15) is 4.31 Å². The SMILES string of the molecule is COC(=O)CN(C(C)C)S(=O)(=O)c1cccc(F)c1N. The minimum absolute atomic E-state index is 0.366. The van der Waals surface area contributed by atoms with E-state index in [0.717, 1.165) is 17.5 Å². The Bertz CT molecular complexity index is 601. The molecule has 1 rings (SSSR count). The highest BCUT2D eigenvalue weighted by atomic mass is 32.2. The van der Waals surface area contributed by atoms with Crippen LogP contribution in [0.2, 0.25) is 0 Å². The average molecular weight is 304 g/mol. The zero-order valence-corrected chi connectivity index (χ0v) is 12.3. The molecule has 0 fully saturated rings. The topological polar surface area (TPSA) is 89.7 Å². The molecular formula is C12H17FN2O4S. The number of sulfonamides is 1. The first kappa shape index (κ1) is 16.4. The first-order valence-electron chi connectivity index (χ1n) is 5.84. The fourth-order valence-electron chi connectivity index (χ4n) is 1.61. The van der Waals surface area contributed by atoms with Gasteiger partial charge in [-0.25, -0.2) is 12.8 Å². The number of rotatable bonds is 5. The summed E-state index contributed by atoms with van der Waals surface area (Å²) in [5.41, 5.74) is 5.00. The summed E-state index contributed by atoms with van der Waals surface area (Å²) in [5.74, 6) is -1.54. The Hall–Kier alpha value is -1.67. The number of ether oxygens (including phenoxy) is 1. The van der Waals surface area contributed by atoms with Crippen LogP contribution >= 0.6 is 0 Å². The number of anilines is 1. The van der Waals surface area contributed by atoms with E-state index in [4.69, 9.17) is 5.73 Å². The molecule has 0 bridgehead atoms. The number of esters is 1. The monoisotopic (exact) mass is 304 g/mol. The van der Waals surface area contributed by atoms with Crippen molar-refractivity contribution in [3.8, 4) is 0 Å². The van der Waals surface area contributed by atoms with Crippen molar-refractivity contribution in [2.45, 2.75) is 24.8 Å². The van der Waals surface area contributed by atoms with Gasteiger partial charge in [0, 0.05) is 6.04 Å². The zero-order valence-electron chi connectivity index (χ0n) is 11.5. The molecule has 0 aliphatic heterocycles. The smallest absolute Gasteiger partial charge is 0.321 e. The first-order valence-corrected chi connectivity index (χ1v) is 7.28. The lowest BCUT2D eigenvalue weighted by Gasteiger charge is -2.25. The Kier molecular flexibility index (Phi) is 5.07. The minimum Gasteiger partial charge on any atom is -0.468 e. The van der Waals surface area contributed by atoms with Gasteiger partial charge in [-0.3, -0.25) is 4.79 Å². The number of nitrogen functional groups attached to an aromatic ring is 1. The fourth-order valence-corrected chi connectivity index (χ4v) is 3.31. The molecule has 112 valence electrons. The molecule has 1 aromatic carbocycles. The summed E-state index contributed by atoms with van der Waals surface area (Å²) in [4.78, 5) is 11.0. The highest BCUT2D eigenvalue weighted by Gasteiger charge is 2.31. The lowest BCUT2D eigenvalue weighted by atomic mass is 10.3. The maximum absolute atomic E-state index is 13.4. The van der Waals surface area contributed by atoms with Gasteiger partial charge in [0.25, 0.3) is 0 Å². The third kappa shape index (κ3) is 3.26. The van der Waals surface area contributed by atoms with E-state index in [2.05, 4.69) is 4.74 Å². The van der Waals surface area contributed by atoms with Crippen molar-refractivity contribution in [3.63, 3.8) is 0 Å². The lowest BCUT2D eigenvalue weighted by Crippen LogP contribution is -2.41. The molecule has 0 amide bonds. The molecule has 0 spiro atoms. The summed E-state index contributed by atoms with van der Waals surface area (Å²) in [5, 5.41) is 0. The van der Waals surface area contributed by atoms with Crippen molar-refractivity contribution in [3.05, 3.63) is 24.0 Å². The quantitative estimate of drug-likeness (QED) is 0.647. The summed E-state index contributed by atoms with van der Waals surface area (Å²) >= 11 is 0. The standard InChI is InChI=1S/C12H17FN2O4S/c1-8(2)15(7-11(16)19-3)20(17,18)10-6-4-5-9(13)12(10)14/h4-6,8H,7,14H2,1-3H3. The van der Waals surface area contributed by atoms with E-state index in [9.17, 15) is 17.6 Å². The average Bonchev–Trinajstić information content (AvgIpc) is 2.37. The van der Waals surface area contributed by atoms with Crippen LogP contribution in [0.15, 0.2) is 23.1 Å². The van der Waals surface area contributed by atoms with Crippen LogP contribution in [0.25, 0.3) is 0 Å². The van der Waals surface area contributed by atoms with Crippen LogP contribution in [0.1, 0.15) is 13.8 Å². The molecule has 0 atom stereocenters. The molecule has 1 aromatic rings. The maximum Gasteiger partial charge on any atom is 0.321 e. The maximum atomic E-state index is 13.4. The molecule has 0 aliphatic rings. The van der Waals surface area contributed by atoms with E-state index in [1.54, 1.807) is 13.8 Å². The minimum atomic E-state index is -4.09. The van der Waals surface area contributed by atoms with Crippen molar-refractivity contribution < 1.29 is 22.3 Å². The normalized spacial score (nSPS) is 11.9. The van der Waals surface area contributed by atoms with E-state index in [1.807, 2.05) is 0 Å². The van der Waals surface area contributed by atoms with Gasteiger partial charge in [-0.05, 0) is 26.0 Å². The van der Waals surface area contributed by atoms with Gasteiger partial charge in [-0.1, -0.05) is 6.07 Å². The number of carbonyl (C=O) groups is 1. The zero-order chi connectivity index (χ0) is 15.5. The van der Waals surface area contributed by atoms with Crippen LogP contribution in [0.5, 0.6) is 0 Å². The number of halogens is 1. The van der Waals surface area contributed by atoms with Crippen molar-refractivity contribution in [1.82, 2.24) is 4.31 Å². The van der Waals surface area contributed by atoms with Crippen LogP contribution in [0.3, 0.4) is 0 Å². The third-order valence-corrected chi connectivity index (χ3v) is 4.77. The second-order valence-electron chi connectivity index (χ2n) is 4.37. The van der Waals surface area contributed by atoms with Gasteiger partial charge in [0.2, 0.25) is 10.0 Å². The van der Waals surface area contributed by atoms with Crippen molar-refractivity contribution in [2.24, 2.45) is 0 Å². The molecule has 8 heteroatoms. The van der Waals surface area contributed by atoms with E-state index in [1.165, 1.54) is 12.1 Å². The Morgan fingerprint density at radius 3 is 2.55 bits per heavy atom. The van der Waals surface area contributed by atoms with E-state index in [-0.39, 0.29) is 4.90 Å². The molecule has 0 unspecified atom stereocenters. The van der Waals surface area contributed by atoms with Crippen molar-refractivity contribution >= 4 is 21.7 Å². The van der Waals surface area contributed by atoms with Gasteiger partial charge >= 0.3 is 5.97 Å². The number of para-hydroxylation sites is 1. The molecule has 20 heavy (non-hydrogen) atoms. The van der Waals surface area contributed by atoms with Crippen LogP contribution in [-0.4, -0.2) is 38.4 Å². The van der Waals surface area contributed by atoms with Crippen LogP contribution in [0.4, 0.5) is 10.1 Å². The van der Waals surface area contributed by atoms with Gasteiger partial charge in [-0.15, -0.1) is 0 Å². The highest BCUT2D eigenvalue weighted by molar-refractivity contribution is 7.89. The number of benzene rings is 1. The van der Waals surface area contributed by atoms with Crippen LogP contribution in [0, 0.1) is 5.82 Å². The van der Waals surface area contributed by atoms with Crippen LogP contribution < -0.4 is 5.73 Å². The Labute approximate surface area is 117 Å². The summed E-state index contributed by atoms with van der Waals surface area (Å²) in [7, 11) is -2.93. The predicted octanol–water partition coefficient (Wildman–Crippen LogP) is 0.980. The number of nitrogens with two attached hydrogens (primary N) is 1. The summed E-state index contributed by atoms with van der Waals surface area (Å²) in [6.07, 6.45) is 0. The predicted molar refractivity (Wildman–Crippen MR) is 71.9 cm³/mol. The number of nitrogens with zero attached hydrogens (tertiary/aromatic N) is 1. The molecule has 0 aromatic heterocycles. The molecule has 0 saturated heterocycles. The molecule has 0 aliphatic carbocycles. The summed E-state index contributed by atoms with van der Waals surface area (Å²) in [6, 6.07) is 2.99. The second-order valence-corrected chi connectivity index (χ2v) is 6.23. The summed E-state index contributed by atoms with van der Waals surface area (Å²) < 4.78 is 43.7. The van der Waals surface area contributed by atoms with Crippen molar-refractivity contribution in [1.29, 1.82) is 0 Å². The highest BCUT2D eigenvalue weighted by Crippen LogP contribution is 2.25. The Morgan fingerprint density at radius 1 is 1.45 bits per heavy atom. The molecular weight excluding hydrogens is 287 g/mol. The van der Waals surface area contributed by atoms with E-state index < -0.39 is 40.1 Å². The molecule has 2 N–H and O–H groups in total.